The molecule has 118 valence electrons. The Labute approximate surface area is 130 Å². The minimum Gasteiger partial charge on any atom is -0.492 e. The van der Waals surface area contributed by atoms with Gasteiger partial charge in [0, 0.05) is 6.04 Å². The summed E-state index contributed by atoms with van der Waals surface area (Å²) in [6.07, 6.45) is 3.89. The fourth-order valence-corrected chi connectivity index (χ4v) is 2.73. The van der Waals surface area contributed by atoms with Crippen LogP contribution in [0.3, 0.4) is 0 Å². The van der Waals surface area contributed by atoms with Crippen LogP contribution >= 0.6 is 0 Å². The molecule has 2 heteroatoms. The van der Waals surface area contributed by atoms with Gasteiger partial charge in [-0.2, -0.15) is 0 Å². The topological polar surface area (TPSA) is 21.3 Å². The molecule has 1 aliphatic carbocycles. The zero-order valence-electron chi connectivity index (χ0n) is 14.3. The number of hydrogen-bond acceptors (Lipinski definition) is 2. The molecule has 0 saturated heterocycles. The second-order valence-electron chi connectivity index (χ2n) is 7.46. The SMILES string of the molecule is CCCNC(COc1ccc(C)cc1C(C)(C)C)C1CC1. The molecule has 0 spiro atoms. The van der Waals surface area contributed by atoms with Gasteiger partial charge in [0.2, 0.25) is 0 Å². The molecule has 1 aromatic carbocycles. The molecule has 1 N–H and O–H groups in total. The highest BCUT2D eigenvalue weighted by Crippen LogP contribution is 2.35. The largest absolute Gasteiger partial charge is 0.492 e. The minimum absolute atomic E-state index is 0.118. The van der Waals surface area contributed by atoms with Crippen LogP contribution in [0, 0.1) is 12.8 Å². The number of benzene rings is 1. The molecule has 1 fully saturated rings. The molecule has 1 aliphatic rings. The molecule has 1 saturated carbocycles. The van der Waals surface area contributed by atoms with Gasteiger partial charge in [0.25, 0.3) is 0 Å². The lowest BCUT2D eigenvalue weighted by molar-refractivity contribution is 0.244. The summed E-state index contributed by atoms with van der Waals surface area (Å²) in [4.78, 5) is 0. The lowest BCUT2D eigenvalue weighted by Gasteiger charge is -2.25. The van der Waals surface area contributed by atoms with E-state index in [2.05, 4.69) is 58.1 Å². The van der Waals surface area contributed by atoms with E-state index >= 15 is 0 Å². The van der Waals surface area contributed by atoms with Crippen molar-refractivity contribution in [3.8, 4) is 5.75 Å². The molecule has 0 bridgehead atoms. The van der Waals surface area contributed by atoms with Gasteiger partial charge in [0.1, 0.15) is 12.4 Å². The Morgan fingerprint density at radius 1 is 1.29 bits per heavy atom. The first kappa shape index (κ1) is 16.4. The van der Waals surface area contributed by atoms with Crippen molar-refractivity contribution >= 4 is 0 Å². The van der Waals surface area contributed by atoms with Crippen molar-refractivity contribution in [2.75, 3.05) is 13.2 Å². The van der Waals surface area contributed by atoms with E-state index in [1.165, 1.54) is 30.4 Å². The van der Waals surface area contributed by atoms with Crippen molar-refractivity contribution in [1.82, 2.24) is 5.32 Å². The minimum atomic E-state index is 0.118. The number of hydrogen-bond donors (Lipinski definition) is 1. The standard InChI is InChI=1S/C19H31NO/c1-6-11-20-17(15-8-9-15)13-21-18-10-7-14(2)12-16(18)19(3,4)5/h7,10,12,15,17,20H,6,8-9,11,13H2,1-5H3. The molecule has 1 unspecified atom stereocenters. The van der Waals surface area contributed by atoms with Crippen molar-refractivity contribution in [3.05, 3.63) is 29.3 Å². The summed E-state index contributed by atoms with van der Waals surface area (Å²) in [6.45, 7) is 13.0. The summed E-state index contributed by atoms with van der Waals surface area (Å²) < 4.78 is 6.22. The van der Waals surface area contributed by atoms with Gasteiger partial charge in [-0.15, -0.1) is 0 Å². The molecule has 0 aromatic heterocycles. The maximum Gasteiger partial charge on any atom is 0.123 e. The Morgan fingerprint density at radius 2 is 2.00 bits per heavy atom. The zero-order chi connectivity index (χ0) is 15.5. The molecule has 0 heterocycles. The highest BCUT2D eigenvalue weighted by atomic mass is 16.5. The van der Waals surface area contributed by atoms with E-state index in [1.54, 1.807) is 0 Å². The highest BCUT2D eigenvalue weighted by molar-refractivity contribution is 5.41. The third-order valence-electron chi connectivity index (χ3n) is 4.21. The predicted molar refractivity (Wildman–Crippen MR) is 90.2 cm³/mol. The second kappa shape index (κ2) is 6.83. The summed E-state index contributed by atoms with van der Waals surface area (Å²) in [7, 11) is 0. The Morgan fingerprint density at radius 3 is 2.57 bits per heavy atom. The number of nitrogens with one attached hydrogen (secondary N) is 1. The van der Waals surface area contributed by atoms with Crippen LogP contribution in [0.25, 0.3) is 0 Å². The molecule has 1 aromatic rings. The molecule has 2 nitrogen and oxygen atoms in total. The maximum absolute atomic E-state index is 6.22. The van der Waals surface area contributed by atoms with Gasteiger partial charge in [-0.05, 0) is 55.7 Å². The van der Waals surface area contributed by atoms with E-state index in [4.69, 9.17) is 4.74 Å². The Balaban J connectivity index is 2.04. The summed E-state index contributed by atoms with van der Waals surface area (Å²) in [5.41, 5.74) is 2.73. The van der Waals surface area contributed by atoms with Crippen LogP contribution in [-0.4, -0.2) is 19.2 Å². The average Bonchev–Trinajstić information content (AvgIpc) is 3.23. The van der Waals surface area contributed by atoms with Crippen molar-refractivity contribution < 1.29 is 4.74 Å². The highest BCUT2D eigenvalue weighted by Gasteiger charge is 2.31. The fraction of sp³-hybridized carbons (Fsp3) is 0.684. The predicted octanol–water partition coefficient (Wildman–Crippen LogP) is 4.45. The van der Waals surface area contributed by atoms with Crippen LogP contribution in [0.2, 0.25) is 0 Å². The van der Waals surface area contributed by atoms with Crippen molar-refractivity contribution in [1.29, 1.82) is 0 Å². The lowest BCUT2D eigenvalue weighted by Crippen LogP contribution is -2.37. The Kier molecular flexibility index (Phi) is 5.32. The van der Waals surface area contributed by atoms with E-state index in [0.717, 1.165) is 24.8 Å². The van der Waals surface area contributed by atoms with Gasteiger partial charge in [0.05, 0.1) is 0 Å². The molecule has 2 rings (SSSR count). The average molecular weight is 289 g/mol. The molecule has 0 aliphatic heterocycles. The first-order valence-electron chi connectivity index (χ1n) is 8.39. The van der Waals surface area contributed by atoms with Crippen LogP contribution in [-0.2, 0) is 5.41 Å². The summed E-state index contributed by atoms with van der Waals surface area (Å²) in [5, 5.41) is 3.65. The van der Waals surface area contributed by atoms with Crippen LogP contribution in [0.5, 0.6) is 5.75 Å². The van der Waals surface area contributed by atoms with E-state index in [0.29, 0.717) is 6.04 Å². The molecule has 21 heavy (non-hydrogen) atoms. The smallest absolute Gasteiger partial charge is 0.123 e. The van der Waals surface area contributed by atoms with E-state index in [9.17, 15) is 0 Å². The van der Waals surface area contributed by atoms with Crippen molar-refractivity contribution in [2.45, 2.75) is 65.3 Å². The van der Waals surface area contributed by atoms with Crippen LogP contribution < -0.4 is 10.1 Å². The van der Waals surface area contributed by atoms with E-state index in [1.807, 2.05) is 0 Å². The molecule has 0 amide bonds. The molecular formula is C19H31NO. The van der Waals surface area contributed by atoms with Crippen LogP contribution in [0.15, 0.2) is 18.2 Å². The Hall–Kier alpha value is -1.02. The van der Waals surface area contributed by atoms with Gasteiger partial charge in [-0.25, -0.2) is 0 Å². The van der Waals surface area contributed by atoms with E-state index in [-0.39, 0.29) is 5.41 Å². The number of rotatable bonds is 7. The molecule has 1 atom stereocenters. The molecular weight excluding hydrogens is 258 g/mol. The summed E-state index contributed by atoms with van der Waals surface area (Å²) >= 11 is 0. The third-order valence-corrected chi connectivity index (χ3v) is 4.21. The third kappa shape index (κ3) is 4.74. The van der Waals surface area contributed by atoms with Crippen LogP contribution in [0.1, 0.15) is 58.1 Å². The van der Waals surface area contributed by atoms with Gasteiger partial charge in [-0.3, -0.25) is 0 Å². The number of aryl methyl sites for hydroxylation is 1. The van der Waals surface area contributed by atoms with Crippen molar-refractivity contribution in [3.63, 3.8) is 0 Å². The summed E-state index contributed by atoms with van der Waals surface area (Å²) in [5.74, 6) is 1.87. The maximum atomic E-state index is 6.22. The molecule has 0 radical (unpaired) electrons. The first-order chi connectivity index (χ1) is 9.91. The fourth-order valence-electron chi connectivity index (χ4n) is 2.73. The van der Waals surface area contributed by atoms with Gasteiger partial charge < -0.3 is 10.1 Å². The zero-order valence-corrected chi connectivity index (χ0v) is 14.3. The normalized spacial score (nSPS) is 16.8. The number of ether oxygens (including phenoxy) is 1. The second-order valence-corrected chi connectivity index (χ2v) is 7.46. The lowest BCUT2D eigenvalue weighted by atomic mass is 9.85. The van der Waals surface area contributed by atoms with Gasteiger partial charge >= 0.3 is 0 Å². The first-order valence-corrected chi connectivity index (χ1v) is 8.39. The summed E-state index contributed by atoms with van der Waals surface area (Å²) in [6, 6.07) is 7.07. The Bertz CT molecular complexity index is 457. The van der Waals surface area contributed by atoms with Crippen LogP contribution in [0.4, 0.5) is 0 Å². The quantitative estimate of drug-likeness (QED) is 0.800. The van der Waals surface area contributed by atoms with Crippen molar-refractivity contribution in [2.24, 2.45) is 5.92 Å². The van der Waals surface area contributed by atoms with E-state index < -0.39 is 0 Å². The van der Waals surface area contributed by atoms with Gasteiger partial charge in [0.15, 0.2) is 0 Å². The van der Waals surface area contributed by atoms with Gasteiger partial charge in [-0.1, -0.05) is 45.4 Å². The monoisotopic (exact) mass is 289 g/mol.